The summed E-state index contributed by atoms with van der Waals surface area (Å²) < 4.78 is 10.9. The van der Waals surface area contributed by atoms with Crippen molar-refractivity contribution in [3.05, 3.63) is 47.8 Å². The molecule has 0 amide bonds. The Balaban J connectivity index is 2.08. The summed E-state index contributed by atoms with van der Waals surface area (Å²) in [6.45, 7) is 5.82. The largest absolute Gasteiger partial charge is 0.504 e. The highest BCUT2D eigenvalue weighted by molar-refractivity contribution is 5.79. The SMILES string of the molecule is CCCCC[C@H](C[C@H](CC)Cc1cc[nH]c1)[C@H](CC(=O)CCc1ccc(O)c(OC)c1)OC(C)=O. The highest BCUT2D eigenvalue weighted by Gasteiger charge is 2.29. The van der Waals surface area contributed by atoms with Crippen molar-refractivity contribution < 1.29 is 24.2 Å². The number of carbonyl (C=O) groups excluding carboxylic acids is 2. The summed E-state index contributed by atoms with van der Waals surface area (Å²) in [6, 6.07) is 7.25. The molecular formula is C29H43NO5. The molecule has 1 heterocycles. The highest BCUT2D eigenvalue weighted by atomic mass is 16.5. The maximum Gasteiger partial charge on any atom is 0.302 e. The summed E-state index contributed by atoms with van der Waals surface area (Å²) in [7, 11) is 1.51. The molecule has 3 atom stereocenters. The number of aromatic nitrogens is 1. The summed E-state index contributed by atoms with van der Waals surface area (Å²) in [4.78, 5) is 28.1. The van der Waals surface area contributed by atoms with Gasteiger partial charge in [0.05, 0.1) is 7.11 Å². The number of aromatic amines is 1. The molecule has 1 aromatic carbocycles. The van der Waals surface area contributed by atoms with E-state index in [9.17, 15) is 14.7 Å². The minimum atomic E-state index is -0.397. The molecule has 0 saturated carbocycles. The maximum absolute atomic E-state index is 13.0. The van der Waals surface area contributed by atoms with E-state index in [1.807, 2.05) is 12.4 Å². The van der Waals surface area contributed by atoms with Gasteiger partial charge in [-0.15, -0.1) is 0 Å². The van der Waals surface area contributed by atoms with E-state index < -0.39 is 6.10 Å². The number of phenols is 1. The maximum atomic E-state index is 13.0. The van der Waals surface area contributed by atoms with Gasteiger partial charge in [0.1, 0.15) is 11.9 Å². The number of ether oxygens (including phenoxy) is 2. The summed E-state index contributed by atoms with van der Waals surface area (Å²) in [5, 5.41) is 9.80. The van der Waals surface area contributed by atoms with Gasteiger partial charge in [-0.2, -0.15) is 0 Å². The molecule has 1 aromatic heterocycles. The molecule has 0 aliphatic rings. The van der Waals surface area contributed by atoms with Gasteiger partial charge in [-0.25, -0.2) is 0 Å². The van der Waals surface area contributed by atoms with Crippen molar-refractivity contribution in [2.75, 3.05) is 7.11 Å². The van der Waals surface area contributed by atoms with Crippen LogP contribution in [0.2, 0.25) is 0 Å². The van der Waals surface area contributed by atoms with Crippen LogP contribution in [0.5, 0.6) is 11.5 Å². The molecule has 194 valence electrons. The van der Waals surface area contributed by atoms with Gasteiger partial charge in [-0.1, -0.05) is 45.6 Å². The van der Waals surface area contributed by atoms with Gasteiger partial charge in [-0.3, -0.25) is 9.59 Å². The number of aromatic hydroxyl groups is 1. The second kappa shape index (κ2) is 15.3. The molecule has 2 aromatic rings. The Morgan fingerprint density at radius 3 is 2.54 bits per heavy atom. The van der Waals surface area contributed by atoms with Crippen molar-refractivity contribution in [2.45, 2.75) is 91.1 Å². The predicted molar refractivity (Wildman–Crippen MR) is 139 cm³/mol. The highest BCUT2D eigenvalue weighted by Crippen LogP contribution is 2.31. The fraction of sp³-hybridized carbons (Fsp3) is 0.586. The first-order valence-corrected chi connectivity index (χ1v) is 13.0. The van der Waals surface area contributed by atoms with Crippen molar-refractivity contribution in [1.82, 2.24) is 4.98 Å². The van der Waals surface area contributed by atoms with E-state index in [1.165, 1.54) is 19.6 Å². The van der Waals surface area contributed by atoms with E-state index in [1.54, 1.807) is 18.2 Å². The zero-order valence-electron chi connectivity index (χ0n) is 21.8. The number of esters is 1. The van der Waals surface area contributed by atoms with Gasteiger partial charge in [0.15, 0.2) is 11.5 Å². The van der Waals surface area contributed by atoms with Crippen molar-refractivity contribution in [3.8, 4) is 11.5 Å². The van der Waals surface area contributed by atoms with Crippen LogP contribution in [0.15, 0.2) is 36.7 Å². The third-order valence-electron chi connectivity index (χ3n) is 6.79. The van der Waals surface area contributed by atoms with Crippen LogP contribution in [-0.2, 0) is 27.2 Å². The topological polar surface area (TPSA) is 88.6 Å². The smallest absolute Gasteiger partial charge is 0.302 e. The van der Waals surface area contributed by atoms with Crippen LogP contribution >= 0.6 is 0 Å². The van der Waals surface area contributed by atoms with Crippen molar-refractivity contribution >= 4 is 11.8 Å². The Morgan fingerprint density at radius 1 is 1.11 bits per heavy atom. The van der Waals surface area contributed by atoms with Gasteiger partial charge in [-0.05, 0) is 66.8 Å². The zero-order chi connectivity index (χ0) is 25.6. The number of hydrogen-bond acceptors (Lipinski definition) is 5. The first kappa shape index (κ1) is 28.5. The van der Waals surface area contributed by atoms with E-state index >= 15 is 0 Å². The lowest BCUT2D eigenvalue weighted by atomic mass is 9.81. The first-order valence-electron chi connectivity index (χ1n) is 13.0. The molecule has 0 saturated heterocycles. The summed E-state index contributed by atoms with van der Waals surface area (Å²) in [5.74, 6) is 0.865. The number of unbranched alkanes of at least 4 members (excludes halogenated alkanes) is 2. The van der Waals surface area contributed by atoms with Crippen LogP contribution in [-0.4, -0.2) is 35.1 Å². The fourth-order valence-electron chi connectivity index (χ4n) is 4.76. The second-order valence-corrected chi connectivity index (χ2v) is 9.59. The second-order valence-electron chi connectivity index (χ2n) is 9.59. The van der Waals surface area contributed by atoms with E-state index in [2.05, 4.69) is 24.9 Å². The van der Waals surface area contributed by atoms with Gasteiger partial charge in [0.25, 0.3) is 0 Å². The molecule has 0 radical (unpaired) electrons. The van der Waals surface area contributed by atoms with E-state index in [0.29, 0.717) is 24.5 Å². The molecule has 0 aliphatic heterocycles. The average molecular weight is 486 g/mol. The lowest BCUT2D eigenvalue weighted by Crippen LogP contribution is -2.31. The fourth-order valence-corrected chi connectivity index (χ4v) is 4.76. The summed E-state index contributed by atoms with van der Waals surface area (Å²) in [5.41, 5.74) is 2.21. The third-order valence-corrected chi connectivity index (χ3v) is 6.79. The summed E-state index contributed by atoms with van der Waals surface area (Å²) >= 11 is 0. The number of Topliss-reactive ketones (excluding diaryl/α,β-unsaturated/α-hetero) is 1. The number of methoxy groups -OCH3 is 1. The molecular weight excluding hydrogens is 442 g/mol. The van der Waals surface area contributed by atoms with Gasteiger partial charge in [0, 0.05) is 32.2 Å². The molecule has 0 fully saturated rings. The van der Waals surface area contributed by atoms with Gasteiger partial charge in [0.2, 0.25) is 0 Å². The molecule has 0 spiro atoms. The zero-order valence-corrected chi connectivity index (χ0v) is 21.8. The van der Waals surface area contributed by atoms with Crippen LogP contribution in [0.3, 0.4) is 0 Å². The average Bonchev–Trinajstić information content (AvgIpc) is 3.34. The quantitative estimate of drug-likeness (QED) is 0.200. The summed E-state index contributed by atoms with van der Waals surface area (Å²) in [6.07, 6.45) is 12.0. The van der Waals surface area contributed by atoms with Crippen molar-refractivity contribution in [2.24, 2.45) is 11.8 Å². The number of aryl methyl sites for hydroxylation is 1. The predicted octanol–water partition coefficient (Wildman–Crippen LogP) is 6.41. The Kier molecular flexibility index (Phi) is 12.4. The van der Waals surface area contributed by atoms with E-state index in [0.717, 1.165) is 50.5 Å². The van der Waals surface area contributed by atoms with Crippen LogP contribution in [0, 0.1) is 11.8 Å². The van der Waals surface area contributed by atoms with E-state index in [-0.39, 0.29) is 29.8 Å². The first-order chi connectivity index (χ1) is 16.9. The lowest BCUT2D eigenvalue weighted by molar-refractivity contribution is -0.151. The van der Waals surface area contributed by atoms with E-state index in [4.69, 9.17) is 9.47 Å². The Labute approximate surface area is 210 Å². The molecule has 0 unspecified atom stereocenters. The molecule has 35 heavy (non-hydrogen) atoms. The molecule has 6 nitrogen and oxygen atoms in total. The number of benzene rings is 1. The normalized spacial score (nSPS) is 13.7. The number of ketones is 1. The minimum absolute atomic E-state index is 0.0811. The third kappa shape index (κ3) is 10.2. The van der Waals surface area contributed by atoms with Crippen LogP contribution in [0.25, 0.3) is 0 Å². The molecule has 2 N–H and O–H groups in total. The minimum Gasteiger partial charge on any atom is -0.504 e. The lowest BCUT2D eigenvalue weighted by Gasteiger charge is -2.30. The number of carbonyl (C=O) groups is 2. The van der Waals surface area contributed by atoms with Crippen LogP contribution < -0.4 is 4.74 Å². The Hall–Kier alpha value is -2.76. The molecule has 6 heteroatoms. The Morgan fingerprint density at radius 2 is 1.91 bits per heavy atom. The number of rotatable bonds is 17. The van der Waals surface area contributed by atoms with Gasteiger partial charge >= 0.3 is 5.97 Å². The number of hydrogen-bond donors (Lipinski definition) is 2. The van der Waals surface area contributed by atoms with Crippen molar-refractivity contribution in [1.29, 1.82) is 0 Å². The van der Waals surface area contributed by atoms with Crippen LogP contribution in [0.1, 0.15) is 83.3 Å². The number of H-pyrrole nitrogens is 1. The number of phenolic OH excluding ortho intramolecular Hbond substituents is 1. The standard InChI is InChI=1S/C29H43NO5/c1-5-7-8-9-25(17-22(6-2)16-24-14-15-30-20-24)28(35-21(3)31)19-26(32)12-10-23-11-13-27(33)29(18-23)34-4/h11,13-15,18,20,22,25,28,30,33H,5-10,12,16-17,19H2,1-4H3/t22-,25-,28+/m1/s1. The molecule has 2 rings (SSSR count). The monoisotopic (exact) mass is 485 g/mol. The van der Waals surface area contributed by atoms with Gasteiger partial charge < -0.3 is 19.6 Å². The molecule has 0 aliphatic carbocycles. The van der Waals surface area contributed by atoms with Crippen LogP contribution in [0.4, 0.5) is 0 Å². The van der Waals surface area contributed by atoms with Crippen molar-refractivity contribution in [3.63, 3.8) is 0 Å². The Bertz CT molecular complexity index is 892. The molecule has 0 bridgehead atoms. The number of nitrogens with one attached hydrogen (secondary N) is 1.